The van der Waals surface area contributed by atoms with E-state index < -0.39 is 64.6 Å². The van der Waals surface area contributed by atoms with E-state index in [0.717, 1.165) is 36.0 Å². The van der Waals surface area contributed by atoms with Gasteiger partial charge < -0.3 is 15.1 Å². The topological polar surface area (TPSA) is 77.8 Å². The van der Waals surface area contributed by atoms with Crippen LogP contribution in [0.15, 0.2) is 53.4 Å². The van der Waals surface area contributed by atoms with Gasteiger partial charge in [0.2, 0.25) is 5.91 Å². The van der Waals surface area contributed by atoms with E-state index in [9.17, 15) is 54.9 Å². The summed E-state index contributed by atoms with van der Waals surface area (Å²) in [5.41, 5.74) is -7.10. The van der Waals surface area contributed by atoms with Crippen LogP contribution >= 0.6 is 11.8 Å². The van der Waals surface area contributed by atoms with Gasteiger partial charge in [0.1, 0.15) is 5.82 Å². The fourth-order valence-corrected chi connectivity index (χ4v) is 7.22. The highest BCUT2D eigenvalue weighted by Crippen LogP contribution is 2.55. The molecule has 2 aromatic carbocycles. The van der Waals surface area contributed by atoms with Crippen LogP contribution in [-0.4, -0.2) is 58.5 Å². The number of carbonyl (C=O) groups excluding carboxylic acids is 1. The minimum atomic E-state index is -6.29. The number of carboxylic acid groups (broad SMARTS) is 1. The molecule has 1 unspecified atom stereocenters. The number of hydrogen-bond acceptors (Lipinski definition) is 4. The Kier molecular flexibility index (Phi) is 8.90. The molecule has 230 valence electrons. The molecule has 5 nitrogen and oxygen atoms in total. The summed E-state index contributed by atoms with van der Waals surface area (Å²) in [6.07, 6.45) is -11.4. The van der Waals surface area contributed by atoms with Gasteiger partial charge >= 0.3 is 24.0 Å². The van der Waals surface area contributed by atoms with Crippen molar-refractivity contribution in [1.82, 2.24) is 4.90 Å². The molecule has 1 saturated heterocycles. The third kappa shape index (κ3) is 5.97. The van der Waals surface area contributed by atoms with E-state index in [-0.39, 0.29) is 37.3 Å². The molecule has 1 aliphatic carbocycles. The van der Waals surface area contributed by atoms with Gasteiger partial charge in [-0.25, -0.2) is 8.78 Å². The summed E-state index contributed by atoms with van der Waals surface area (Å²) in [6, 6.07) is 7.08. The molecule has 14 heteroatoms. The number of carboxylic acids is 1. The number of aliphatic hydroxyl groups is 1. The van der Waals surface area contributed by atoms with Gasteiger partial charge in [0.25, 0.3) is 0 Å². The minimum absolute atomic E-state index is 0.0282. The maximum absolute atomic E-state index is 14.7. The number of nitrogens with zero attached hydrogens (tertiary/aromatic N) is 1. The lowest BCUT2D eigenvalue weighted by Crippen LogP contribution is -2.50. The molecule has 1 aliphatic heterocycles. The molecule has 1 saturated carbocycles. The van der Waals surface area contributed by atoms with Crippen LogP contribution in [-0.2, 0) is 20.0 Å². The summed E-state index contributed by atoms with van der Waals surface area (Å²) in [6.45, 7) is -0.619. The number of carbonyl (C=O) groups is 2. The van der Waals surface area contributed by atoms with Crippen LogP contribution < -0.4 is 0 Å². The zero-order valence-corrected chi connectivity index (χ0v) is 22.7. The number of thioether (sulfide) groups is 1. The fourth-order valence-electron chi connectivity index (χ4n) is 5.76. The van der Waals surface area contributed by atoms with Crippen molar-refractivity contribution in [2.75, 3.05) is 13.2 Å². The maximum atomic E-state index is 14.7. The van der Waals surface area contributed by atoms with E-state index in [0.29, 0.717) is 29.9 Å². The summed E-state index contributed by atoms with van der Waals surface area (Å²) in [4.78, 5) is 26.8. The summed E-state index contributed by atoms with van der Waals surface area (Å²) < 4.78 is 107. The Balaban J connectivity index is 1.71. The Morgan fingerprint density at radius 3 is 1.86 bits per heavy atom. The van der Waals surface area contributed by atoms with E-state index in [1.54, 1.807) is 0 Å². The van der Waals surface area contributed by atoms with Crippen molar-refractivity contribution in [3.8, 4) is 0 Å². The first-order chi connectivity index (χ1) is 19.5. The van der Waals surface area contributed by atoms with Crippen LogP contribution in [0, 0.1) is 17.7 Å². The van der Waals surface area contributed by atoms with Crippen molar-refractivity contribution in [2.24, 2.45) is 11.8 Å². The first-order valence-corrected chi connectivity index (χ1v) is 13.9. The normalized spacial score (nSPS) is 25.5. The predicted molar refractivity (Wildman–Crippen MR) is 136 cm³/mol. The molecule has 2 aliphatic rings. The summed E-state index contributed by atoms with van der Waals surface area (Å²) in [5, 5.41) is 19.4. The summed E-state index contributed by atoms with van der Waals surface area (Å²) in [7, 11) is 0. The minimum Gasteiger partial charge on any atom is -0.481 e. The van der Waals surface area contributed by atoms with Crippen molar-refractivity contribution in [2.45, 2.75) is 65.8 Å². The van der Waals surface area contributed by atoms with Gasteiger partial charge in [0, 0.05) is 22.9 Å². The smallest absolute Gasteiger partial charge is 0.435 e. The van der Waals surface area contributed by atoms with Gasteiger partial charge in [0.05, 0.1) is 23.3 Å². The van der Waals surface area contributed by atoms with Gasteiger partial charge in [0.15, 0.2) is 0 Å². The number of hydrogen-bond donors (Lipinski definition) is 2. The monoisotopic (exact) mass is 625 g/mol. The Morgan fingerprint density at radius 1 is 0.857 bits per heavy atom. The van der Waals surface area contributed by atoms with Crippen molar-refractivity contribution in [3.05, 3.63) is 65.5 Å². The number of rotatable bonds is 7. The number of alkyl halides is 7. The van der Waals surface area contributed by atoms with Gasteiger partial charge in [-0.15, -0.1) is 11.8 Å². The second-order valence-corrected chi connectivity index (χ2v) is 12.1. The fraction of sp³-hybridized carbons (Fsp3) is 0.500. The van der Waals surface area contributed by atoms with Crippen LogP contribution in [0.2, 0.25) is 0 Å². The SMILES string of the molecule is O=C(O)[C@H]1CC[C@H](C(=O)N2CC(Sc3ccc(F)cc3)(c3ccc(C(F)(C(F)(F)F)C(F)(F)F)cc3)C[C@H]2CO)CC1. The van der Waals surface area contributed by atoms with Crippen LogP contribution in [0.5, 0.6) is 0 Å². The van der Waals surface area contributed by atoms with E-state index >= 15 is 0 Å². The van der Waals surface area contributed by atoms with Crippen LogP contribution in [0.1, 0.15) is 43.2 Å². The average molecular weight is 626 g/mol. The number of aliphatic hydroxyl groups excluding tert-OH is 1. The number of aliphatic carboxylic acids is 1. The van der Waals surface area contributed by atoms with E-state index in [4.69, 9.17) is 0 Å². The molecule has 1 amide bonds. The molecule has 0 bridgehead atoms. The van der Waals surface area contributed by atoms with Gasteiger partial charge in [-0.3, -0.25) is 9.59 Å². The molecule has 0 aromatic heterocycles. The zero-order chi connectivity index (χ0) is 31.1. The Hall–Kier alpha value is -2.87. The third-order valence-corrected chi connectivity index (χ3v) is 9.50. The third-order valence-electron chi connectivity index (χ3n) is 8.07. The number of likely N-dealkylation sites (tertiary alicyclic amines) is 1. The molecule has 2 N–H and O–H groups in total. The van der Waals surface area contributed by atoms with Crippen LogP contribution in [0.25, 0.3) is 0 Å². The Labute approximate surface area is 239 Å². The first-order valence-electron chi connectivity index (χ1n) is 13.0. The summed E-state index contributed by atoms with van der Waals surface area (Å²) >= 11 is 1.09. The average Bonchev–Trinajstić information content (AvgIpc) is 3.32. The lowest BCUT2D eigenvalue weighted by molar-refractivity contribution is -0.348. The maximum Gasteiger partial charge on any atom is 0.435 e. The lowest BCUT2D eigenvalue weighted by atomic mass is 9.81. The highest BCUT2D eigenvalue weighted by molar-refractivity contribution is 8.00. The molecule has 42 heavy (non-hydrogen) atoms. The van der Waals surface area contributed by atoms with Gasteiger partial charge in [-0.05, 0) is 61.9 Å². The number of halogens is 8. The second-order valence-electron chi connectivity index (χ2n) is 10.7. The molecule has 0 spiro atoms. The number of amides is 1. The highest BCUT2D eigenvalue weighted by Gasteiger charge is 2.73. The van der Waals surface area contributed by atoms with Crippen molar-refractivity contribution in [3.63, 3.8) is 0 Å². The van der Waals surface area contributed by atoms with Crippen molar-refractivity contribution in [1.29, 1.82) is 0 Å². The molecule has 2 aromatic rings. The summed E-state index contributed by atoms with van der Waals surface area (Å²) in [5.74, 6) is -2.97. The molecule has 4 rings (SSSR count). The molecular formula is C28H27F8NO4S. The Morgan fingerprint density at radius 2 is 1.38 bits per heavy atom. The molecule has 0 radical (unpaired) electrons. The van der Waals surface area contributed by atoms with E-state index in [1.165, 1.54) is 17.0 Å². The van der Waals surface area contributed by atoms with Crippen molar-refractivity contribution >= 4 is 23.6 Å². The first kappa shape index (κ1) is 32.1. The quantitative estimate of drug-likeness (QED) is 0.340. The predicted octanol–water partition coefficient (Wildman–Crippen LogP) is 6.59. The largest absolute Gasteiger partial charge is 0.481 e. The van der Waals surface area contributed by atoms with Gasteiger partial charge in [-0.2, -0.15) is 26.3 Å². The second kappa shape index (κ2) is 11.7. The molecule has 1 heterocycles. The standard InChI is InChI=1S/C28H27F8NO4S/c29-20-9-11-22(12-10-20)42-25(18-5-7-19(8-6-18)26(30,27(31,32)33)28(34,35)36)13-21(14-38)37(15-25)23(39)16-1-3-17(4-2-16)24(40)41/h5-12,16-17,21,38H,1-4,13-15H2,(H,40,41)/t16-,17-,21-,25?/m0/s1. The zero-order valence-electron chi connectivity index (χ0n) is 21.9. The van der Waals surface area contributed by atoms with E-state index in [2.05, 4.69) is 0 Å². The van der Waals surface area contributed by atoms with Crippen LogP contribution in [0.3, 0.4) is 0 Å². The lowest BCUT2D eigenvalue weighted by Gasteiger charge is -2.33. The Bertz CT molecular complexity index is 1260. The van der Waals surface area contributed by atoms with Gasteiger partial charge in [-0.1, -0.05) is 24.3 Å². The molecular weight excluding hydrogens is 598 g/mol. The highest BCUT2D eigenvalue weighted by atomic mass is 32.2. The van der Waals surface area contributed by atoms with Crippen molar-refractivity contribution < 1.29 is 54.9 Å². The van der Waals surface area contributed by atoms with E-state index in [1.807, 2.05) is 0 Å². The number of benzene rings is 2. The van der Waals surface area contributed by atoms with Crippen LogP contribution in [0.4, 0.5) is 35.1 Å². The molecule has 2 atom stereocenters. The molecule has 2 fully saturated rings.